The van der Waals surface area contributed by atoms with Crippen LogP contribution >= 0.6 is 0 Å². The van der Waals surface area contributed by atoms with Gasteiger partial charge in [0.1, 0.15) is 0 Å². The van der Waals surface area contributed by atoms with Gasteiger partial charge < -0.3 is 20.3 Å². The van der Waals surface area contributed by atoms with Crippen molar-refractivity contribution in [2.45, 2.75) is 244 Å². The first kappa shape index (κ1) is 50.3. The molecule has 0 saturated heterocycles. The van der Waals surface area contributed by atoms with E-state index in [2.05, 4.69) is 43.5 Å². The van der Waals surface area contributed by atoms with Crippen LogP contribution in [0.15, 0.2) is 24.3 Å². The second-order valence-corrected chi connectivity index (χ2v) is 15.4. The van der Waals surface area contributed by atoms with Crippen molar-refractivity contribution in [3.63, 3.8) is 0 Å². The smallest absolute Gasteiger partial charge is 0.305 e. The summed E-state index contributed by atoms with van der Waals surface area (Å²) in [6.45, 7) is 4.83. The van der Waals surface area contributed by atoms with Gasteiger partial charge in [-0.2, -0.15) is 0 Å². The van der Waals surface area contributed by atoms with Crippen molar-refractivity contribution < 1.29 is 24.5 Å². The minimum Gasteiger partial charge on any atom is -0.466 e. The number of rotatable bonds is 41. The lowest BCUT2D eigenvalue weighted by Gasteiger charge is -2.22. The third-order valence-corrected chi connectivity index (χ3v) is 10.2. The number of hydrogen-bond acceptors (Lipinski definition) is 5. The maximum atomic E-state index is 12.4. The summed E-state index contributed by atoms with van der Waals surface area (Å²) in [6, 6.07) is -0.577. The largest absolute Gasteiger partial charge is 0.466 e. The zero-order valence-corrected chi connectivity index (χ0v) is 34.5. The van der Waals surface area contributed by atoms with Crippen LogP contribution in [0.25, 0.3) is 0 Å². The first-order valence-corrected chi connectivity index (χ1v) is 22.6. The van der Waals surface area contributed by atoms with Gasteiger partial charge in [0.05, 0.1) is 25.4 Å². The van der Waals surface area contributed by atoms with Crippen molar-refractivity contribution in [2.75, 3.05) is 13.2 Å². The molecule has 2 atom stereocenters. The highest BCUT2D eigenvalue weighted by atomic mass is 16.5. The fourth-order valence-corrected chi connectivity index (χ4v) is 6.69. The van der Waals surface area contributed by atoms with Gasteiger partial charge in [0.2, 0.25) is 5.91 Å². The minimum absolute atomic E-state index is 0.0445. The Balaban J connectivity index is 3.55. The Hall–Kier alpha value is -1.66. The quantitative estimate of drug-likeness (QED) is 0.0330. The van der Waals surface area contributed by atoms with Gasteiger partial charge in [0.15, 0.2) is 0 Å². The Morgan fingerprint density at radius 2 is 0.923 bits per heavy atom. The molecule has 3 N–H and O–H groups in total. The molecule has 1 amide bonds. The van der Waals surface area contributed by atoms with Crippen LogP contribution in [0, 0.1) is 0 Å². The van der Waals surface area contributed by atoms with E-state index in [1.54, 1.807) is 0 Å². The summed E-state index contributed by atoms with van der Waals surface area (Å²) in [6.07, 6.45) is 47.1. The van der Waals surface area contributed by atoms with E-state index in [0.29, 0.717) is 25.9 Å². The predicted molar refractivity (Wildman–Crippen MR) is 223 cm³/mol. The summed E-state index contributed by atoms with van der Waals surface area (Å²) in [5, 5.41) is 23.0. The molecule has 6 nitrogen and oxygen atoms in total. The van der Waals surface area contributed by atoms with E-state index in [1.165, 1.54) is 128 Å². The van der Waals surface area contributed by atoms with Crippen LogP contribution < -0.4 is 5.32 Å². The van der Waals surface area contributed by atoms with E-state index < -0.39 is 12.1 Å². The van der Waals surface area contributed by atoms with Crippen LogP contribution in [-0.4, -0.2) is 47.4 Å². The zero-order chi connectivity index (χ0) is 38.0. The summed E-state index contributed by atoms with van der Waals surface area (Å²) < 4.78 is 5.42. The third-order valence-electron chi connectivity index (χ3n) is 10.2. The van der Waals surface area contributed by atoms with Gasteiger partial charge in [-0.1, -0.05) is 173 Å². The van der Waals surface area contributed by atoms with E-state index in [1.807, 2.05) is 0 Å². The molecular formula is C46H87NO5. The van der Waals surface area contributed by atoms with Gasteiger partial charge in [-0.25, -0.2) is 0 Å². The SMILES string of the molecule is CCCCCCCC/C=C\CCCCCCCC(=O)OCCCCCC/C=C\CCCC(=O)NC(CO)C(O)CCCCCCCCCCCCC. The first-order chi connectivity index (χ1) is 25.5. The second kappa shape index (κ2) is 42.1. The lowest BCUT2D eigenvalue weighted by Crippen LogP contribution is -2.45. The van der Waals surface area contributed by atoms with Crippen LogP contribution in [0.2, 0.25) is 0 Å². The van der Waals surface area contributed by atoms with Gasteiger partial charge in [0.25, 0.3) is 0 Å². The van der Waals surface area contributed by atoms with Gasteiger partial charge in [0, 0.05) is 12.8 Å². The van der Waals surface area contributed by atoms with Crippen LogP contribution in [0.1, 0.15) is 232 Å². The lowest BCUT2D eigenvalue weighted by molar-refractivity contribution is -0.143. The number of carbonyl (C=O) groups is 2. The number of carbonyl (C=O) groups excluding carboxylic acids is 2. The molecule has 0 aromatic carbocycles. The molecule has 6 heteroatoms. The number of unbranched alkanes of at least 4 members (excludes halogenated alkanes) is 26. The van der Waals surface area contributed by atoms with Crippen LogP contribution in [-0.2, 0) is 14.3 Å². The summed E-state index contributed by atoms with van der Waals surface area (Å²) in [4.78, 5) is 24.4. The van der Waals surface area contributed by atoms with Gasteiger partial charge in [-0.15, -0.1) is 0 Å². The highest BCUT2D eigenvalue weighted by molar-refractivity contribution is 5.76. The number of allylic oxidation sites excluding steroid dienone is 4. The fourth-order valence-electron chi connectivity index (χ4n) is 6.69. The van der Waals surface area contributed by atoms with Gasteiger partial charge in [-0.3, -0.25) is 9.59 Å². The Morgan fingerprint density at radius 1 is 0.519 bits per heavy atom. The van der Waals surface area contributed by atoms with Crippen LogP contribution in [0.5, 0.6) is 0 Å². The van der Waals surface area contributed by atoms with Crippen LogP contribution in [0.3, 0.4) is 0 Å². The fraction of sp³-hybridized carbons (Fsp3) is 0.870. The van der Waals surface area contributed by atoms with Crippen LogP contribution in [0.4, 0.5) is 0 Å². The third kappa shape index (κ3) is 38.1. The molecule has 0 aliphatic heterocycles. The average Bonchev–Trinajstić information content (AvgIpc) is 3.14. The van der Waals surface area contributed by atoms with E-state index in [9.17, 15) is 19.8 Å². The average molecular weight is 734 g/mol. The van der Waals surface area contributed by atoms with Crippen molar-refractivity contribution in [1.29, 1.82) is 0 Å². The number of aliphatic hydroxyl groups excluding tert-OH is 2. The molecule has 0 rings (SSSR count). The molecule has 0 radical (unpaired) electrons. The maximum absolute atomic E-state index is 12.4. The molecule has 0 heterocycles. The van der Waals surface area contributed by atoms with Crippen molar-refractivity contribution in [2.24, 2.45) is 0 Å². The highest BCUT2D eigenvalue weighted by Gasteiger charge is 2.19. The van der Waals surface area contributed by atoms with Crippen molar-refractivity contribution in [1.82, 2.24) is 5.32 Å². The van der Waals surface area contributed by atoms with E-state index in [4.69, 9.17) is 4.74 Å². The topological polar surface area (TPSA) is 95.9 Å². The number of esters is 1. The molecule has 0 aromatic heterocycles. The van der Waals surface area contributed by atoms with Gasteiger partial charge in [-0.05, 0) is 70.6 Å². The molecule has 0 bridgehead atoms. The van der Waals surface area contributed by atoms with Crippen molar-refractivity contribution >= 4 is 11.9 Å². The molecule has 0 spiro atoms. The number of aliphatic hydroxyl groups is 2. The number of nitrogens with one attached hydrogen (secondary N) is 1. The molecule has 0 aliphatic rings. The summed E-state index contributed by atoms with van der Waals surface area (Å²) >= 11 is 0. The minimum atomic E-state index is -0.693. The molecule has 0 saturated carbocycles. The monoisotopic (exact) mass is 734 g/mol. The molecule has 0 fully saturated rings. The number of hydrogen-bond donors (Lipinski definition) is 3. The molecule has 2 unspecified atom stereocenters. The lowest BCUT2D eigenvalue weighted by atomic mass is 10.0. The van der Waals surface area contributed by atoms with Crippen molar-refractivity contribution in [3.05, 3.63) is 24.3 Å². The molecular weight excluding hydrogens is 647 g/mol. The predicted octanol–water partition coefficient (Wildman–Crippen LogP) is 12.8. The molecule has 0 aromatic rings. The second-order valence-electron chi connectivity index (χ2n) is 15.4. The number of amides is 1. The Morgan fingerprint density at radius 3 is 1.40 bits per heavy atom. The summed E-state index contributed by atoms with van der Waals surface area (Å²) in [7, 11) is 0. The normalized spacial score (nSPS) is 12.9. The Labute approximate surface area is 322 Å². The van der Waals surface area contributed by atoms with E-state index in [-0.39, 0.29) is 18.5 Å². The summed E-state index contributed by atoms with van der Waals surface area (Å²) in [5.41, 5.74) is 0. The van der Waals surface area contributed by atoms with E-state index in [0.717, 1.165) is 70.6 Å². The molecule has 0 aliphatic carbocycles. The highest BCUT2D eigenvalue weighted by Crippen LogP contribution is 2.14. The maximum Gasteiger partial charge on any atom is 0.305 e. The standard InChI is InChI=1S/C46H87NO5/c1-3-5-7-9-11-13-15-16-17-18-20-24-28-32-36-40-46(51)52-41-37-33-29-25-21-23-27-31-35-39-45(50)47-43(42-48)44(49)38-34-30-26-22-19-14-12-10-8-6-4-2/h16-17,23,27,43-44,48-49H,3-15,18-22,24-26,28-42H2,1-2H3,(H,47,50)/b17-16-,27-23-. The van der Waals surface area contributed by atoms with E-state index >= 15 is 0 Å². The Bertz CT molecular complexity index is 813. The molecule has 306 valence electrons. The molecule has 52 heavy (non-hydrogen) atoms. The zero-order valence-electron chi connectivity index (χ0n) is 34.5. The summed E-state index contributed by atoms with van der Waals surface area (Å²) in [5.74, 6) is -0.143. The number of ether oxygens (including phenoxy) is 1. The van der Waals surface area contributed by atoms with Gasteiger partial charge >= 0.3 is 5.97 Å². The first-order valence-electron chi connectivity index (χ1n) is 22.6. The van der Waals surface area contributed by atoms with Crippen molar-refractivity contribution in [3.8, 4) is 0 Å². The Kier molecular flexibility index (Phi) is 40.7.